The Bertz CT molecular complexity index is 611. The summed E-state index contributed by atoms with van der Waals surface area (Å²) in [6.07, 6.45) is 1.14. The maximum absolute atomic E-state index is 11.9. The van der Waals surface area contributed by atoms with Gasteiger partial charge in [0.2, 0.25) is 5.91 Å². The molecule has 0 atom stereocenters. The molecule has 110 valence electrons. The number of rotatable bonds is 6. The molecule has 0 unspecified atom stereocenters. The molecule has 1 amide bonds. The average Bonchev–Trinajstić information content (AvgIpc) is 2.51. The molecule has 2 aromatic carbocycles. The molecule has 0 saturated heterocycles. The van der Waals surface area contributed by atoms with Crippen LogP contribution >= 0.6 is 0 Å². The predicted octanol–water partition coefficient (Wildman–Crippen LogP) is 2.53. The smallest absolute Gasteiger partial charge is 0.220 e. The highest BCUT2D eigenvalue weighted by Crippen LogP contribution is 2.12. The van der Waals surface area contributed by atoms with Crippen molar-refractivity contribution in [3.05, 3.63) is 59.7 Å². The van der Waals surface area contributed by atoms with Crippen LogP contribution in [-0.4, -0.2) is 13.0 Å². The van der Waals surface area contributed by atoms with Crippen LogP contribution in [0.4, 0.5) is 5.69 Å². The number of nitrogen functional groups attached to an aromatic ring is 1. The summed E-state index contributed by atoms with van der Waals surface area (Å²) in [4.78, 5) is 11.9. The molecular weight excluding hydrogens is 264 g/mol. The highest BCUT2D eigenvalue weighted by Gasteiger charge is 2.03. The van der Waals surface area contributed by atoms with Crippen LogP contribution in [0.25, 0.3) is 0 Å². The van der Waals surface area contributed by atoms with E-state index in [-0.39, 0.29) is 5.91 Å². The molecule has 0 aromatic heterocycles. The first-order chi connectivity index (χ1) is 10.2. The zero-order chi connectivity index (χ0) is 15.1. The number of benzene rings is 2. The lowest BCUT2D eigenvalue weighted by Crippen LogP contribution is -2.23. The molecule has 0 radical (unpaired) electrons. The van der Waals surface area contributed by atoms with E-state index in [1.165, 1.54) is 0 Å². The van der Waals surface area contributed by atoms with E-state index in [2.05, 4.69) is 5.32 Å². The van der Waals surface area contributed by atoms with Gasteiger partial charge in [-0.25, -0.2) is 0 Å². The van der Waals surface area contributed by atoms with Crippen molar-refractivity contribution >= 4 is 11.6 Å². The third-order valence-corrected chi connectivity index (χ3v) is 3.22. The minimum Gasteiger partial charge on any atom is -0.497 e. The van der Waals surface area contributed by atoms with Gasteiger partial charge in [0.15, 0.2) is 0 Å². The van der Waals surface area contributed by atoms with Crippen LogP contribution in [0.1, 0.15) is 17.5 Å². The van der Waals surface area contributed by atoms with Gasteiger partial charge in [-0.05, 0) is 41.8 Å². The minimum absolute atomic E-state index is 0.0280. The summed E-state index contributed by atoms with van der Waals surface area (Å²) in [6, 6.07) is 15.3. The van der Waals surface area contributed by atoms with Crippen molar-refractivity contribution in [1.82, 2.24) is 5.32 Å². The molecule has 0 saturated carbocycles. The van der Waals surface area contributed by atoms with Gasteiger partial charge in [0.25, 0.3) is 0 Å². The van der Waals surface area contributed by atoms with Crippen LogP contribution in [0, 0.1) is 0 Å². The number of methoxy groups -OCH3 is 1. The fraction of sp³-hybridized carbons (Fsp3) is 0.235. The first kappa shape index (κ1) is 14.9. The molecule has 0 bridgehead atoms. The van der Waals surface area contributed by atoms with Crippen molar-refractivity contribution in [1.29, 1.82) is 0 Å². The molecule has 4 nitrogen and oxygen atoms in total. The molecule has 0 spiro atoms. The van der Waals surface area contributed by atoms with Crippen molar-refractivity contribution in [2.45, 2.75) is 19.4 Å². The number of aryl methyl sites for hydroxylation is 1. The molecule has 0 heterocycles. The van der Waals surface area contributed by atoms with Crippen LogP contribution in [-0.2, 0) is 17.8 Å². The van der Waals surface area contributed by atoms with E-state index in [1.807, 2.05) is 48.5 Å². The molecular formula is C17H20N2O2. The Morgan fingerprint density at radius 1 is 1.14 bits per heavy atom. The first-order valence-corrected chi connectivity index (χ1v) is 6.91. The highest BCUT2D eigenvalue weighted by atomic mass is 16.5. The van der Waals surface area contributed by atoms with Gasteiger partial charge in [0, 0.05) is 18.7 Å². The Labute approximate surface area is 124 Å². The number of carbonyl (C=O) groups excluding carboxylic acids is 1. The number of nitrogens with two attached hydrogens (primary N) is 1. The summed E-state index contributed by atoms with van der Waals surface area (Å²) in [7, 11) is 1.63. The van der Waals surface area contributed by atoms with Gasteiger partial charge in [-0.1, -0.05) is 24.3 Å². The second kappa shape index (κ2) is 7.33. The van der Waals surface area contributed by atoms with E-state index in [0.29, 0.717) is 19.4 Å². The van der Waals surface area contributed by atoms with Crippen LogP contribution < -0.4 is 15.8 Å². The zero-order valence-corrected chi connectivity index (χ0v) is 12.1. The second-order valence-corrected chi connectivity index (χ2v) is 4.87. The van der Waals surface area contributed by atoms with Crippen molar-refractivity contribution in [2.24, 2.45) is 0 Å². The van der Waals surface area contributed by atoms with Gasteiger partial charge >= 0.3 is 0 Å². The Hall–Kier alpha value is -2.49. The monoisotopic (exact) mass is 284 g/mol. The van der Waals surface area contributed by atoms with E-state index in [9.17, 15) is 4.79 Å². The molecule has 4 heteroatoms. The molecule has 0 aliphatic heterocycles. The Kier molecular flexibility index (Phi) is 5.21. The number of anilines is 1. The summed E-state index contributed by atoms with van der Waals surface area (Å²) < 4.78 is 5.15. The van der Waals surface area contributed by atoms with Crippen molar-refractivity contribution < 1.29 is 9.53 Å². The molecule has 2 rings (SSSR count). The van der Waals surface area contributed by atoms with Crippen molar-refractivity contribution in [3.63, 3.8) is 0 Å². The van der Waals surface area contributed by atoms with E-state index < -0.39 is 0 Å². The van der Waals surface area contributed by atoms with Gasteiger partial charge in [0.05, 0.1) is 7.11 Å². The molecule has 0 aliphatic rings. The maximum Gasteiger partial charge on any atom is 0.220 e. The molecule has 2 aromatic rings. The lowest BCUT2D eigenvalue weighted by Gasteiger charge is -2.07. The van der Waals surface area contributed by atoms with E-state index >= 15 is 0 Å². The van der Waals surface area contributed by atoms with E-state index in [1.54, 1.807) is 7.11 Å². The van der Waals surface area contributed by atoms with Crippen LogP contribution in [0.15, 0.2) is 48.5 Å². The molecule has 21 heavy (non-hydrogen) atoms. The number of carbonyl (C=O) groups is 1. The number of nitrogens with one attached hydrogen (secondary N) is 1. The van der Waals surface area contributed by atoms with Gasteiger partial charge in [0.1, 0.15) is 5.75 Å². The van der Waals surface area contributed by atoms with Crippen LogP contribution in [0.5, 0.6) is 5.75 Å². The largest absolute Gasteiger partial charge is 0.497 e. The fourth-order valence-electron chi connectivity index (χ4n) is 2.08. The highest BCUT2D eigenvalue weighted by molar-refractivity contribution is 5.76. The van der Waals surface area contributed by atoms with E-state index in [0.717, 1.165) is 22.6 Å². The third kappa shape index (κ3) is 4.84. The number of amides is 1. The topological polar surface area (TPSA) is 64.3 Å². The first-order valence-electron chi connectivity index (χ1n) is 6.91. The normalized spacial score (nSPS) is 10.1. The third-order valence-electron chi connectivity index (χ3n) is 3.22. The summed E-state index contributed by atoms with van der Waals surface area (Å²) in [6.45, 7) is 0.507. The van der Waals surface area contributed by atoms with E-state index in [4.69, 9.17) is 10.5 Å². The van der Waals surface area contributed by atoms with Gasteiger partial charge < -0.3 is 15.8 Å². The Morgan fingerprint density at radius 3 is 2.67 bits per heavy atom. The molecule has 0 aliphatic carbocycles. The van der Waals surface area contributed by atoms with Crippen LogP contribution in [0.3, 0.4) is 0 Å². The summed E-state index contributed by atoms with van der Waals surface area (Å²) in [5.41, 5.74) is 8.54. The predicted molar refractivity (Wildman–Crippen MR) is 84.0 cm³/mol. The molecule has 0 fully saturated rings. The fourth-order valence-corrected chi connectivity index (χ4v) is 2.08. The Balaban J connectivity index is 1.79. The number of ether oxygens (including phenoxy) is 1. The van der Waals surface area contributed by atoms with Crippen LogP contribution in [0.2, 0.25) is 0 Å². The lowest BCUT2D eigenvalue weighted by molar-refractivity contribution is -0.121. The standard InChI is InChI=1S/C17H20N2O2/c1-21-16-7-3-5-14(11-16)12-19-17(20)9-8-13-4-2-6-15(18)10-13/h2-7,10-11H,8-9,12,18H2,1H3,(H,19,20). The quantitative estimate of drug-likeness (QED) is 0.801. The second-order valence-electron chi connectivity index (χ2n) is 4.87. The molecule has 3 N–H and O–H groups in total. The summed E-state index contributed by atoms with van der Waals surface area (Å²) in [5, 5.41) is 2.91. The number of hydrogen-bond acceptors (Lipinski definition) is 3. The van der Waals surface area contributed by atoms with Gasteiger partial charge in [-0.15, -0.1) is 0 Å². The van der Waals surface area contributed by atoms with Gasteiger partial charge in [-0.3, -0.25) is 4.79 Å². The summed E-state index contributed by atoms with van der Waals surface area (Å²) in [5.74, 6) is 0.821. The minimum atomic E-state index is 0.0280. The summed E-state index contributed by atoms with van der Waals surface area (Å²) >= 11 is 0. The Morgan fingerprint density at radius 2 is 1.90 bits per heavy atom. The zero-order valence-electron chi connectivity index (χ0n) is 12.1. The maximum atomic E-state index is 11.9. The lowest BCUT2D eigenvalue weighted by atomic mass is 10.1. The SMILES string of the molecule is COc1cccc(CNC(=O)CCc2cccc(N)c2)c1. The van der Waals surface area contributed by atoms with Crippen molar-refractivity contribution in [2.75, 3.05) is 12.8 Å². The van der Waals surface area contributed by atoms with Gasteiger partial charge in [-0.2, -0.15) is 0 Å². The average molecular weight is 284 g/mol. The number of hydrogen-bond donors (Lipinski definition) is 2. The van der Waals surface area contributed by atoms with Crippen molar-refractivity contribution in [3.8, 4) is 5.75 Å².